The van der Waals surface area contributed by atoms with Gasteiger partial charge in [0.1, 0.15) is 24.0 Å². The molecule has 1 aliphatic heterocycles. The van der Waals surface area contributed by atoms with E-state index in [0.29, 0.717) is 34.8 Å². The number of halogens is 3. The number of rotatable bonds is 3. The number of benzene rings is 1. The quantitative estimate of drug-likeness (QED) is 0.849. The molecule has 2 atom stereocenters. The third-order valence-corrected chi connectivity index (χ3v) is 4.38. The second-order valence-electron chi connectivity index (χ2n) is 5.30. The van der Waals surface area contributed by atoms with E-state index in [1.807, 2.05) is 12.1 Å². The molecule has 25 heavy (non-hydrogen) atoms. The lowest BCUT2D eigenvalue weighted by Gasteiger charge is -2.25. The second-order valence-corrected chi connectivity index (χ2v) is 6.11. The van der Waals surface area contributed by atoms with Gasteiger partial charge < -0.3 is 14.8 Å². The van der Waals surface area contributed by atoms with Gasteiger partial charge in [0.15, 0.2) is 0 Å². The van der Waals surface area contributed by atoms with Gasteiger partial charge in [-0.25, -0.2) is 4.98 Å². The molecule has 3 rings (SSSR count). The predicted octanol–water partition coefficient (Wildman–Crippen LogP) is 3.79. The molecular weight excluding hydrogens is 385 g/mol. The summed E-state index contributed by atoms with van der Waals surface area (Å²) in [4.78, 5) is 4.16. The smallest absolute Gasteiger partial charge is 0.214 e. The second kappa shape index (κ2) is 9.23. The maximum absolute atomic E-state index is 8.97. The molecule has 2 unspecified atom stereocenters. The van der Waals surface area contributed by atoms with Gasteiger partial charge in [0.2, 0.25) is 5.88 Å². The summed E-state index contributed by atoms with van der Waals surface area (Å²) in [5, 5.41) is 13.2. The van der Waals surface area contributed by atoms with Crippen LogP contribution in [0.25, 0.3) is 0 Å². The molecule has 1 fully saturated rings. The average molecular weight is 401 g/mol. The maximum Gasteiger partial charge on any atom is 0.214 e. The number of nitrogens with one attached hydrogen (secondary N) is 1. The van der Waals surface area contributed by atoms with Crippen molar-refractivity contribution < 1.29 is 9.47 Å². The molecule has 8 heteroatoms. The molecule has 132 valence electrons. The Morgan fingerprint density at radius 2 is 2.08 bits per heavy atom. The molecule has 1 aromatic carbocycles. The summed E-state index contributed by atoms with van der Waals surface area (Å²) in [5.41, 5.74) is 1.19. The summed E-state index contributed by atoms with van der Waals surface area (Å²) in [5.74, 6) is 0.386. The fourth-order valence-corrected chi connectivity index (χ4v) is 2.82. The van der Waals surface area contributed by atoms with Crippen molar-refractivity contribution in [1.82, 2.24) is 10.3 Å². The highest BCUT2D eigenvalue weighted by atomic mass is 35.5. The Labute approximate surface area is 162 Å². The molecule has 0 radical (unpaired) electrons. The van der Waals surface area contributed by atoms with Gasteiger partial charge in [-0.2, -0.15) is 5.26 Å². The van der Waals surface area contributed by atoms with E-state index < -0.39 is 0 Å². The molecule has 0 saturated carbocycles. The number of nitriles is 1. The van der Waals surface area contributed by atoms with Crippen LogP contribution in [0.15, 0.2) is 36.4 Å². The average Bonchev–Trinajstić information content (AvgIpc) is 2.83. The first-order valence-corrected chi connectivity index (χ1v) is 8.24. The SMILES string of the molecule is Cl.N#Cc1cccc(OC2CNCCOC2c2ccc(Cl)c(Cl)c2)n1. The summed E-state index contributed by atoms with van der Waals surface area (Å²) in [6.07, 6.45) is -0.631. The first-order valence-electron chi connectivity index (χ1n) is 7.48. The summed E-state index contributed by atoms with van der Waals surface area (Å²) in [7, 11) is 0. The van der Waals surface area contributed by atoms with E-state index in [1.165, 1.54) is 0 Å². The van der Waals surface area contributed by atoms with E-state index in [2.05, 4.69) is 10.3 Å². The highest BCUT2D eigenvalue weighted by Gasteiger charge is 2.28. The fourth-order valence-electron chi connectivity index (χ4n) is 2.52. The Bertz CT molecular complexity index is 767. The monoisotopic (exact) mass is 399 g/mol. The molecule has 5 nitrogen and oxygen atoms in total. The van der Waals surface area contributed by atoms with Gasteiger partial charge in [0.25, 0.3) is 0 Å². The third-order valence-electron chi connectivity index (χ3n) is 3.64. The first kappa shape index (κ1) is 19.8. The van der Waals surface area contributed by atoms with Gasteiger partial charge in [-0.15, -0.1) is 12.4 Å². The van der Waals surface area contributed by atoms with Gasteiger partial charge in [-0.3, -0.25) is 0 Å². The van der Waals surface area contributed by atoms with E-state index in [0.717, 1.165) is 12.1 Å². The van der Waals surface area contributed by atoms with Crippen molar-refractivity contribution in [3.63, 3.8) is 0 Å². The Morgan fingerprint density at radius 1 is 1.24 bits per heavy atom. The van der Waals surface area contributed by atoms with E-state index in [1.54, 1.807) is 30.3 Å². The summed E-state index contributed by atoms with van der Waals surface area (Å²) in [6, 6.07) is 12.5. The van der Waals surface area contributed by atoms with Crippen LogP contribution >= 0.6 is 35.6 Å². The van der Waals surface area contributed by atoms with Gasteiger partial charge >= 0.3 is 0 Å². The van der Waals surface area contributed by atoms with Crippen molar-refractivity contribution in [3.05, 3.63) is 57.7 Å². The highest BCUT2D eigenvalue weighted by molar-refractivity contribution is 6.42. The van der Waals surface area contributed by atoms with E-state index in [-0.39, 0.29) is 24.6 Å². The summed E-state index contributed by atoms with van der Waals surface area (Å²) in [6.45, 7) is 1.86. The minimum absolute atomic E-state index is 0. The summed E-state index contributed by atoms with van der Waals surface area (Å²) >= 11 is 12.1. The Hall–Kier alpha value is -1.55. The van der Waals surface area contributed by atoms with Crippen LogP contribution in [0.5, 0.6) is 5.88 Å². The molecule has 0 spiro atoms. The van der Waals surface area contributed by atoms with Crippen molar-refractivity contribution in [2.45, 2.75) is 12.2 Å². The van der Waals surface area contributed by atoms with Gasteiger partial charge in [0, 0.05) is 19.2 Å². The number of ether oxygens (including phenoxy) is 2. The molecule has 1 aromatic heterocycles. The van der Waals surface area contributed by atoms with Crippen LogP contribution in [-0.4, -0.2) is 30.8 Å². The van der Waals surface area contributed by atoms with Crippen LogP contribution in [0.2, 0.25) is 10.0 Å². The third kappa shape index (κ3) is 4.97. The zero-order chi connectivity index (χ0) is 16.9. The lowest BCUT2D eigenvalue weighted by molar-refractivity contribution is -0.0100. The molecule has 1 saturated heterocycles. The van der Waals surface area contributed by atoms with Crippen LogP contribution in [-0.2, 0) is 4.74 Å². The largest absolute Gasteiger partial charge is 0.470 e. The van der Waals surface area contributed by atoms with Crippen molar-refractivity contribution >= 4 is 35.6 Å². The standard InChI is InChI=1S/C17H15Cl2N3O2.ClH/c18-13-5-4-11(8-14(13)19)17-15(10-21-6-7-23-17)24-16-3-1-2-12(9-20)22-16;/h1-5,8,15,17,21H,6-7,10H2;1H. The Balaban J connectivity index is 0.00000225. The van der Waals surface area contributed by atoms with Crippen LogP contribution in [0.4, 0.5) is 0 Å². The topological polar surface area (TPSA) is 67.2 Å². The molecule has 1 N–H and O–H groups in total. The first-order chi connectivity index (χ1) is 11.7. The number of pyridine rings is 1. The fraction of sp³-hybridized carbons (Fsp3) is 0.294. The molecular formula is C17H16Cl3N3O2. The lowest BCUT2D eigenvalue weighted by Crippen LogP contribution is -2.34. The van der Waals surface area contributed by atoms with E-state index in [4.69, 9.17) is 37.9 Å². The number of hydrogen-bond acceptors (Lipinski definition) is 5. The highest BCUT2D eigenvalue weighted by Crippen LogP contribution is 2.31. The van der Waals surface area contributed by atoms with Crippen LogP contribution in [0.3, 0.4) is 0 Å². The minimum atomic E-state index is -0.317. The Kier molecular flexibility index (Phi) is 7.30. The van der Waals surface area contributed by atoms with Crippen LogP contribution in [0.1, 0.15) is 17.4 Å². The molecule has 2 aromatic rings. The molecule has 0 amide bonds. The van der Waals surface area contributed by atoms with Crippen LogP contribution < -0.4 is 10.1 Å². The van der Waals surface area contributed by atoms with Crippen molar-refractivity contribution in [2.75, 3.05) is 19.7 Å². The van der Waals surface area contributed by atoms with E-state index in [9.17, 15) is 0 Å². The zero-order valence-electron chi connectivity index (χ0n) is 13.1. The van der Waals surface area contributed by atoms with Gasteiger partial charge in [0.05, 0.1) is 16.7 Å². The molecule has 2 heterocycles. The normalized spacial score (nSPS) is 20.0. The summed E-state index contributed by atoms with van der Waals surface area (Å²) < 4.78 is 11.9. The van der Waals surface area contributed by atoms with E-state index >= 15 is 0 Å². The minimum Gasteiger partial charge on any atom is -0.470 e. The zero-order valence-corrected chi connectivity index (χ0v) is 15.4. The van der Waals surface area contributed by atoms with Gasteiger partial charge in [-0.1, -0.05) is 35.3 Å². The Morgan fingerprint density at radius 3 is 2.84 bits per heavy atom. The predicted molar refractivity (Wildman–Crippen MR) is 98.6 cm³/mol. The maximum atomic E-state index is 8.97. The molecule has 0 bridgehead atoms. The number of hydrogen-bond donors (Lipinski definition) is 1. The van der Waals surface area contributed by atoms with Crippen molar-refractivity contribution in [1.29, 1.82) is 5.26 Å². The van der Waals surface area contributed by atoms with Crippen molar-refractivity contribution in [2.24, 2.45) is 0 Å². The molecule has 1 aliphatic rings. The number of nitrogens with zero attached hydrogens (tertiary/aromatic N) is 2. The lowest BCUT2D eigenvalue weighted by atomic mass is 10.0. The number of aromatic nitrogens is 1. The molecule has 0 aliphatic carbocycles. The van der Waals surface area contributed by atoms with Crippen LogP contribution in [0, 0.1) is 11.3 Å². The van der Waals surface area contributed by atoms with Gasteiger partial charge in [-0.05, 0) is 23.8 Å². The van der Waals surface area contributed by atoms with Crippen molar-refractivity contribution in [3.8, 4) is 11.9 Å².